The van der Waals surface area contributed by atoms with E-state index in [0.29, 0.717) is 33.5 Å². The first kappa shape index (κ1) is 21.2. The number of carbonyl (C=O) groups excluding carboxylic acids is 1. The molecule has 0 aliphatic rings. The number of hydrogen-bond acceptors (Lipinski definition) is 11. The maximum atomic E-state index is 12.6. The van der Waals surface area contributed by atoms with Crippen LogP contribution in [0.4, 0.5) is 5.69 Å². The zero-order valence-electron chi connectivity index (χ0n) is 16.6. The van der Waals surface area contributed by atoms with Crippen LogP contribution >= 0.6 is 11.8 Å². The molecule has 2 heterocycles. The van der Waals surface area contributed by atoms with Gasteiger partial charge in [-0.3, -0.25) is 10.1 Å². The van der Waals surface area contributed by atoms with Crippen LogP contribution in [0.15, 0.2) is 62.4 Å². The number of hydrogen-bond donors (Lipinski definition) is 0. The number of nitro groups is 1. The minimum Gasteiger partial charge on any atom is -0.452 e. The molecule has 4 aromatic rings. The zero-order chi connectivity index (χ0) is 22.5. The fourth-order valence-electron chi connectivity index (χ4n) is 2.66. The molecule has 0 atom stereocenters. The van der Waals surface area contributed by atoms with Gasteiger partial charge in [0, 0.05) is 22.6 Å². The molecule has 2 aromatic heterocycles. The van der Waals surface area contributed by atoms with Crippen LogP contribution in [-0.2, 0) is 17.1 Å². The van der Waals surface area contributed by atoms with E-state index in [-0.39, 0.29) is 24.1 Å². The Morgan fingerprint density at radius 3 is 2.62 bits per heavy atom. The number of benzene rings is 2. The Hall–Kier alpha value is -4.06. The number of nitro benzene ring substituents is 1. The van der Waals surface area contributed by atoms with Gasteiger partial charge in [0.2, 0.25) is 11.8 Å². The van der Waals surface area contributed by atoms with E-state index in [0.717, 1.165) is 0 Å². The molecule has 162 valence electrons. The van der Waals surface area contributed by atoms with Gasteiger partial charge in [-0.25, -0.2) is 4.79 Å². The Morgan fingerprint density at radius 2 is 1.91 bits per heavy atom. The number of aromatic nitrogens is 4. The van der Waals surface area contributed by atoms with Crippen LogP contribution in [0.25, 0.3) is 11.5 Å². The molecule has 0 spiro atoms. The molecule has 0 N–H and O–H groups in total. The minimum absolute atomic E-state index is 0.0480. The van der Waals surface area contributed by atoms with E-state index in [1.807, 2.05) is 6.07 Å². The average Bonchev–Trinajstić information content (AvgIpc) is 3.45. The number of rotatable bonds is 8. The van der Waals surface area contributed by atoms with E-state index >= 15 is 0 Å². The van der Waals surface area contributed by atoms with Gasteiger partial charge in [-0.2, -0.15) is 4.98 Å². The fraction of sp³-hybridized carbons (Fsp3) is 0.150. The second-order valence-corrected chi connectivity index (χ2v) is 7.42. The highest BCUT2D eigenvalue weighted by Gasteiger charge is 2.17. The van der Waals surface area contributed by atoms with Crippen molar-refractivity contribution in [1.29, 1.82) is 0 Å². The predicted octanol–water partition coefficient (Wildman–Crippen LogP) is 3.99. The lowest BCUT2D eigenvalue weighted by Crippen LogP contribution is -2.07. The Balaban J connectivity index is 1.38. The maximum Gasteiger partial charge on any atom is 0.339 e. The molecule has 0 radical (unpaired) electrons. The fourth-order valence-corrected chi connectivity index (χ4v) is 3.54. The van der Waals surface area contributed by atoms with E-state index in [4.69, 9.17) is 13.7 Å². The average molecular weight is 453 g/mol. The topological polar surface area (TPSA) is 147 Å². The van der Waals surface area contributed by atoms with Gasteiger partial charge in [0.05, 0.1) is 16.2 Å². The van der Waals surface area contributed by atoms with Gasteiger partial charge in [0.15, 0.2) is 12.4 Å². The van der Waals surface area contributed by atoms with E-state index in [2.05, 4.69) is 20.3 Å². The van der Waals surface area contributed by atoms with Crippen molar-refractivity contribution >= 4 is 23.4 Å². The third-order valence-corrected chi connectivity index (χ3v) is 5.20. The van der Waals surface area contributed by atoms with E-state index in [1.54, 1.807) is 25.1 Å². The van der Waals surface area contributed by atoms with Crippen molar-refractivity contribution in [2.45, 2.75) is 24.2 Å². The molecule has 11 nitrogen and oxygen atoms in total. The highest BCUT2D eigenvalue weighted by molar-refractivity contribution is 7.98. The van der Waals surface area contributed by atoms with Crippen molar-refractivity contribution in [1.82, 2.24) is 20.3 Å². The molecule has 0 saturated carbocycles. The third-order valence-electron chi connectivity index (χ3n) is 4.15. The molecule has 0 bridgehead atoms. The highest BCUT2D eigenvalue weighted by atomic mass is 32.2. The maximum absolute atomic E-state index is 12.6. The molecule has 4 rings (SSSR count). The molecule has 0 fully saturated rings. The van der Waals surface area contributed by atoms with Crippen LogP contribution in [0, 0.1) is 17.0 Å². The molecule has 12 heteroatoms. The molecular weight excluding hydrogens is 438 g/mol. The summed E-state index contributed by atoms with van der Waals surface area (Å²) in [6.45, 7) is 1.51. The van der Waals surface area contributed by atoms with Crippen molar-refractivity contribution in [2.75, 3.05) is 0 Å². The van der Waals surface area contributed by atoms with Crippen LogP contribution in [0.1, 0.15) is 28.0 Å². The molecular formula is C20H15N5O6S. The van der Waals surface area contributed by atoms with Crippen LogP contribution in [0.5, 0.6) is 0 Å². The van der Waals surface area contributed by atoms with Gasteiger partial charge in [0.25, 0.3) is 11.6 Å². The van der Waals surface area contributed by atoms with Crippen LogP contribution in [-0.4, -0.2) is 31.2 Å². The summed E-state index contributed by atoms with van der Waals surface area (Å²) in [6, 6.07) is 12.7. The summed E-state index contributed by atoms with van der Waals surface area (Å²) >= 11 is 1.37. The van der Waals surface area contributed by atoms with Crippen LogP contribution in [0.2, 0.25) is 0 Å². The number of nitrogens with zero attached hydrogens (tertiary/aromatic N) is 5. The summed E-state index contributed by atoms with van der Waals surface area (Å²) in [5.74, 6) is 1.12. The second kappa shape index (κ2) is 9.39. The number of esters is 1. The van der Waals surface area contributed by atoms with E-state index in [1.165, 1.54) is 36.0 Å². The normalized spacial score (nSPS) is 10.8. The van der Waals surface area contributed by atoms with Gasteiger partial charge < -0.3 is 13.7 Å². The lowest BCUT2D eigenvalue weighted by molar-refractivity contribution is -0.384. The monoisotopic (exact) mass is 453 g/mol. The molecule has 0 saturated heterocycles. The SMILES string of the molecule is Cc1noc(CSc2ccccc2C(=O)OCc2nnc(-c3ccc([N+](=O)[O-])cc3)o2)n1. The van der Waals surface area contributed by atoms with E-state index in [9.17, 15) is 14.9 Å². The highest BCUT2D eigenvalue weighted by Crippen LogP contribution is 2.27. The summed E-state index contributed by atoms with van der Waals surface area (Å²) in [5, 5.41) is 22.2. The predicted molar refractivity (Wildman–Crippen MR) is 111 cm³/mol. The third kappa shape index (κ3) is 4.98. The van der Waals surface area contributed by atoms with Crippen molar-refractivity contribution < 1.29 is 23.4 Å². The largest absolute Gasteiger partial charge is 0.452 e. The number of carbonyl (C=O) groups is 1. The summed E-state index contributed by atoms with van der Waals surface area (Å²) in [5.41, 5.74) is 0.843. The number of aryl methyl sites for hydroxylation is 1. The Kier molecular flexibility index (Phi) is 6.22. The van der Waals surface area contributed by atoms with Crippen LogP contribution in [0.3, 0.4) is 0 Å². The van der Waals surface area contributed by atoms with Crippen molar-refractivity contribution in [2.24, 2.45) is 0 Å². The summed E-state index contributed by atoms with van der Waals surface area (Å²) in [4.78, 5) is 27.7. The minimum atomic E-state index is -0.551. The number of ether oxygens (including phenoxy) is 1. The van der Waals surface area contributed by atoms with Gasteiger partial charge in [-0.15, -0.1) is 22.0 Å². The second-order valence-electron chi connectivity index (χ2n) is 6.40. The van der Waals surface area contributed by atoms with E-state index < -0.39 is 10.9 Å². The summed E-state index contributed by atoms with van der Waals surface area (Å²) in [7, 11) is 0. The molecule has 0 aliphatic carbocycles. The molecule has 0 unspecified atom stereocenters. The first-order chi connectivity index (χ1) is 15.5. The van der Waals surface area contributed by atoms with Crippen molar-refractivity contribution in [3.05, 3.63) is 81.8 Å². The van der Waals surface area contributed by atoms with Gasteiger partial charge in [0.1, 0.15) is 0 Å². The first-order valence-corrected chi connectivity index (χ1v) is 10.2. The lowest BCUT2D eigenvalue weighted by Gasteiger charge is -2.07. The lowest BCUT2D eigenvalue weighted by atomic mass is 10.2. The Labute approximate surface area is 185 Å². The Bertz CT molecular complexity index is 1250. The van der Waals surface area contributed by atoms with Crippen molar-refractivity contribution in [3.63, 3.8) is 0 Å². The van der Waals surface area contributed by atoms with Crippen LogP contribution < -0.4 is 0 Å². The first-order valence-electron chi connectivity index (χ1n) is 9.25. The molecule has 2 aromatic carbocycles. The zero-order valence-corrected chi connectivity index (χ0v) is 17.4. The van der Waals surface area contributed by atoms with Gasteiger partial charge in [-0.05, 0) is 31.2 Å². The summed E-state index contributed by atoms with van der Waals surface area (Å²) < 4.78 is 15.9. The molecule has 0 amide bonds. The number of non-ortho nitro benzene ring substituents is 1. The number of thioether (sulfide) groups is 1. The van der Waals surface area contributed by atoms with Gasteiger partial charge >= 0.3 is 5.97 Å². The smallest absolute Gasteiger partial charge is 0.339 e. The quantitative estimate of drug-likeness (QED) is 0.165. The summed E-state index contributed by atoms with van der Waals surface area (Å²) in [6.07, 6.45) is 0. The molecule has 0 aliphatic heterocycles. The van der Waals surface area contributed by atoms with Gasteiger partial charge in [-0.1, -0.05) is 17.3 Å². The molecule has 32 heavy (non-hydrogen) atoms. The standard InChI is InChI=1S/C20H15N5O6S/c1-12-21-18(31-24-12)11-32-16-5-3-2-4-15(16)20(26)29-10-17-22-23-19(30-17)13-6-8-14(9-7-13)25(27)28/h2-9H,10-11H2,1H3. The van der Waals surface area contributed by atoms with Crippen molar-refractivity contribution in [3.8, 4) is 11.5 Å². The Morgan fingerprint density at radius 1 is 1.12 bits per heavy atom.